The third kappa shape index (κ3) is 6.02. The first kappa shape index (κ1) is 21.3. The number of ether oxygens (including phenoxy) is 2. The van der Waals surface area contributed by atoms with Crippen molar-refractivity contribution in [2.45, 2.75) is 55.7 Å². The molecule has 1 aliphatic rings. The van der Waals surface area contributed by atoms with Crippen LogP contribution in [0.25, 0.3) is 0 Å². The summed E-state index contributed by atoms with van der Waals surface area (Å²) in [4.78, 5) is 13.2. The Morgan fingerprint density at radius 3 is 2.26 bits per heavy atom. The summed E-state index contributed by atoms with van der Waals surface area (Å²) >= 11 is 0. The van der Waals surface area contributed by atoms with Crippen molar-refractivity contribution in [1.29, 1.82) is 0 Å². The van der Waals surface area contributed by atoms with Crippen molar-refractivity contribution in [1.82, 2.24) is 4.90 Å². The number of piperidine rings is 1. The molecule has 0 unspecified atom stereocenters. The maximum absolute atomic E-state index is 12.7. The van der Waals surface area contributed by atoms with E-state index in [4.69, 9.17) is 4.74 Å². The molecule has 0 atom stereocenters. The van der Waals surface area contributed by atoms with Gasteiger partial charge in [-0.15, -0.1) is 13.2 Å². The molecule has 27 heavy (non-hydrogen) atoms. The molecule has 1 aromatic rings. The van der Waals surface area contributed by atoms with Crippen molar-refractivity contribution in [3.05, 3.63) is 24.3 Å². The van der Waals surface area contributed by atoms with Crippen molar-refractivity contribution in [2.24, 2.45) is 0 Å². The van der Waals surface area contributed by atoms with E-state index in [1.165, 1.54) is 17.0 Å². The predicted octanol–water partition coefficient (Wildman–Crippen LogP) is 3.76. The first-order chi connectivity index (χ1) is 12.3. The summed E-state index contributed by atoms with van der Waals surface area (Å²) in [7, 11) is -3.85. The van der Waals surface area contributed by atoms with Gasteiger partial charge in [0.1, 0.15) is 11.4 Å². The molecule has 0 bridgehead atoms. The summed E-state index contributed by atoms with van der Waals surface area (Å²) in [5, 5.41) is -0.794. The molecule has 0 spiro atoms. The van der Waals surface area contributed by atoms with Gasteiger partial charge in [-0.05, 0) is 51.8 Å². The number of sulfone groups is 1. The maximum atomic E-state index is 12.7. The highest BCUT2D eigenvalue weighted by Crippen LogP contribution is 2.29. The molecule has 0 aliphatic carbocycles. The molecule has 2 rings (SSSR count). The summed E-state index contributed by atoms with van der Waals surface area (Å²) in [5.41, 5.74) is -0.654. The first-order valence-corrected chi connectivity index (χ1v) is 9.90. The van der Waals surface area contributed by atoms with Gasteiger partial charge < -0.3 is 14.4 Å². The van der Waals surface area contributed by atoms with Crippen LogP contribution < -0.4 is 4.74 Å². The van der Waals surface area contributed by atoms with Crippen molar-refractivity contribution < 1.29 is 35.9 Å². The number of alkyl halides is 3. The molecule has 1 aromatic carbocycles. The zero-order chi connectivity index (χ0) is 20.5. The normalized spacial score (nSPS) is 16.9. The summed E-state index contributed by atoms with van der Waals surface area (Å²) in [6.45, 7) is 5.59. The molecule has 10 heteroatoms. The zero-order valence-corrected chi connectivity index (χ0v) is 16.1. The third-order valence-corrected chi connectivity index (χ3v) is 6.16. The van der Waals surface area contributed by atoms with E-state index < -0.39 is 38.9 Å². The van der Waals surface area contributed by atoms with Gasteiger partial charge in [-0.25, -0.2) is 13.2 Å². The molecule has 1 amide bonds. The zero-order valence-electron chi connectivity index (χ0n) is 15.2. The Balaban J connectivity index is 2.07. The number of nitrogens with zero attached hydrogens (tertiary/aromatic N) is 1. The molecule has 0 radical (unpaired) electrons. The Kier molecular flexibility index (Phi) is 5.98. The number of amides is 1. The standard InChI is InChI=1S/C17H22F3NO5S/c1-16(2,3)26-15(22)21-9-7-13(8-10-21)27(23,24)14-6-4-5-12(11-14)25-17(18,19)20/h4-6,11,13H,7-10H2,1-3H3. The molecule has 1 saturated heterocycles. The van der Waals surface area contributed by atoms with Gasteiger partial charge in [0.2, 0.25) is 0 Å². The molecule has 0 N–H and O–H groups in total. The fraction of sp³-hybridized carbons (Fsp3) is 0.588. The second kappa shape index (κ2) is 7.57. The lowest BCUT2D eigenvalue weighted by atomic mass is 10.1. The second-order valence-corrected chi connectivity index (χ2v) is 9.46. The van der Waals surface area contributed by atoms with Crippen LogP contribution in [0.3, 0.4) is 0 Å². The number of rotatable bonds is 3. The van der Waals surface area contributed by atoms with Crippen LogP contribution in [0.5, 0.6) is 5.75 Å². The summed E-state index contributed by atoms with van der Waals surface area (Å²) in [6.07, 6.45) is -5.07. The Hall–Kier alpha value is -1.97. The fourth-order valence-corrected chi connectivity index (χ4v) is 4.48. The minimum absolute atomic E-state index is 0.173. The lowest BCUT2D eigenvalue weighted by Gasteiger charge is -2.33. The maximum Gasteiger partial charge on any atom is 0.573 e. The van der Waals surface area contributed by atoms with Crippen LogP contribution in [-0.2, 0) is 14.6 Å². The molecular weight excluding hydrogens is 387 g/mol. The van der Waals surface area contributed by atoms with Crippen LogP contribution in [0.1, 0.15) is 33.6 Å². The lowest BCUT2D eigenvalue weighted by Crippen LogP contribution is -2.44. The van der Waals surface area contributed by atoms with Gasteiger partial charge in [-0.2, -0.15) is 0 Å². The van der Waals surface area contributed by atoms with E-state index in [9.17, 15) is 26.4 Å². The SMILES string of the molecule is CC(C)(C)OC(=O)N1CCC(S(=O)(=O)c2cccc(OC(F)(F)F)c2)CC1. The largest absolute Gasteiger partial charge is 0.573 e. The average molecular weight is 409 g/mol. The van der Waals surface area contributed by atoms with E-state index in [1.807, 2.05) is 0 Å². The van der Waals surface area contributed by atoms with Gasteiger partial charge in [0.05, 0.1) is 10.1 Å². The Bertz CT molecular complexity index is 778. The predicted molar refractivity (Wildman–Crippen MR) is 91.1 cm³/mol. The van der Waals surface area contributed by atoms with E-state index in [0.717, 1.165) is 12.1 Å². The van der Waals surface area contributed by atoms with Gasteiger partial charge in [0.15, 0.2) is 9.84 Å². The van der Waals surface area contributed by atoms with Gasteiger partial charge in [-0.3, -0.25) is 0 Å². The minimum atomic E-state index is -4.90. The van der Waals surface area contributed by atoms with Gasteiger partial charge in [0, 0.05) is 13.1 Å². The van der Waals surface area contributed by atoms with Gasteiger partial charge in [-0.1, -0.05) is 6.07 Å². The van der Waals surface area contributed by atoms with Crippen molar-refractivity contribution >= 4 is 15.9 Å². The first-order valence-electron chi connectivity index (χ1n) is 8.35. The highest BCUT2D eigenvalue weighted by atomic mass is 32.2. The topological polar surface area (TPSA) is 72.9 Å². The molecule has 1 aliphatic heterocycles. The van der Waals surface area contributed by atoms with Crippen LogP contribution in [0, 0.1) is 0 Å². The number of carbonyl (C=O) groups excluding carboxylic acids is 1. The van der Waals surface area contributed by atoms with E-state index in [2.05, 4.69) is 4.74 Å². The Morgan fingerprint density at radius 2 is 1.74 bits per heavy atom. The van der Waals surface area contributed by atoms with Crippen molar-refractivity contribution in [3.63, 3.8) is 0 Å². The smallest absolute Gasteiger partial charge is 0.444 e. The van der Waals surface area contributed by atoms with Crippen molar-refractivity contribution in [2.75, 3.05) is 13.1 Å². The Morgan fingerprint density at radius 1 is 1.15 bits per heavy atom. The van der Waals surface area contributed by atoms with Crippen molar-refractivity contribution in [3.8, 4) is 5.75 Å². The van der Waals surface area contributed by atoms with Crippen LogP contribution in [0.2, 0.25) is 0 Å². The molecule has 1 heterocycles. The van der Waals surface area contributed by atoms with Gasteiger partial charge in [0.25, 0.3) is 0 Å². The van der Waals surface area contributed by atoms with Crippen LogP contribution >= 0.6 is 0 Å². The number of carbonyl (C=O) groups is 1. The second-order valence-electron chi connectivity index (χ2n) is 7.23. The summed E-state index contributed by atoms with van der Waals surface area (Å²) < 4.78 is 71.5. The Labute approximate surface area is 156 Å². The van der Waals surface area contributed by atoms with E-state index in [-0.39, 0.29) is 30.8 Å². The lowest BCUT2D eigenvalue weighted by molar-refractivity contribution is -0.274. The minimum Gasteiger partial charge on any atom is -0.444 e. The van der Waals surface area contributed by atoms with Crippen LogP contribution in [0.15, 0.2) is 29.2 Å². The molecule has 6 nitrogen and oxygen atoms in total. The average Bonchev–Trinajstić information content (AvgIpc) is 2.52. The quantitative estimate of drug-likeness (QED) is 0.760. The molecule has 0 saturated carbocycles. The summed E-state index contributed by atoms with van der Waals surface area (Å²) in [5.74, 6) is -0.588. The molecular formula is C17H22F3NO5S. The van der Waals surface area contributed by atoms with E-state index >= 15 is 0 Å². The monoisotopic (exact) mass is 409 g/mol. The highest BCUT2D eigenvalue weighted by Gasteiger charge is 2.35. The van der Waals surface area contributed by atoms with Crippen LogP contribution in [-0.4, -0.2) is 49.7 Å². The number of likely N-dealkylation sites (tertiary alicyclic amines) is 1. The summed E-state index contributed by atoms with van der Waals surface area (Å²) in [6, 6.07) is 4.34. The molecule has 152 valence electrons. The molecule has 0 aromatic heterocycles. The number of hydrogen-bond acceptors (Lipinski definition) is 5. The fourth-order valence-electron chi connectivity index (χ4n) is 2.72. The third-order valence-electron chi connectivity index (χ3n) is 3.90. The van der Waals surface area contributed by atoms with E-state index in [0.29, 0.717) is 0 Å². The van der Waals surface area contributed by atoms with E-state index in [1.54, 1.807) is 20.8 Å². The highest BCUT2D eigenvalue weighted by molar-refractivity contribution is 7.92. The number of halogens is 3. The van der Waals surface area contributed by atoms with Gasteiger partial charge >= 0.3 is 12.5 Å². The number of hydrogen-bond donors (Lipinski definition) is 0. The van der Waals surface area contributed by atoms with Crippen LogP contribution in [0.4, 0.5) is 18.0 Å². The molecule has 1 fully saturated rings. The number of benzene rings is 1.